The van der Waals surface area contributed by atoms with Gasteiger partial charge in [0.15, 0.2) is 0 Å². The van der Waals surface area contributed by atoms with E-state index in [2.05, 4.69) is 5.10 Å². The quantitative estimate of drug-likeness (QED) is 0.439. The fourth-order valence-electron chi connectivity index (χ4n) is 3.44. The highest BCUT2D eigenvalue weighted by Crippen LogP contribution is 2.30. The second-order valence-electron chi connectivity index (χ2n) is 6.99. The monoisotopic (exact) mass is 418 g/mol. The lowest BCUT2D eigenvalue weighted by molar-refractivity contribution is -0.114. The van der Waals surface area contributed by atoms with E-state index >= 15 is 0 Å². The molecule has 0 saturated carbocycles. The van der Waals surface area contributed by atoms with Crippen LogP contribution in [-0.4, -0.2) is 17.6 Å². The summed E-state index contributed by atoms with van der Waals surface area (Å²) in [7, 11) is 0. The molecular formula is C23H15ClN2O4. The smallest absolute Gasteiger partial charge is 0.338 e. The van der Waals surface area contributed by atoms with Crippen LogP contribution in [0.3, 0.4) is 0 Å². The van der Waals surface area contributed by atoms with E-state index in [1.165, 1.54) is 5.01 Å². The fourth-order valence-corrected chi connectivity index (χ4v) is 3.56. The van der Waals surface area contributed by atoms with Crippen molar-refractivity contribution in [2.45, 2.75) is 13.5 Å². The third kappa shape index (κ3) is 3.11. The summed E-state index contributed by atoms with van der Waals surface area (Å²) < 4.78 is 11.0. The molecular weight excluding hydrogens is 404 g/mol. The van der Waals surface area contributed by atoms with Gasteiger partial charge in [-0.25, -0.2) is 4.79 Å². The van der Waals surface area contributed by atoms with Gasteiger partial charge in [0.25, 0.3) is 5.91 Å². The number of amides is 1. The van der Waals surface area contributed by atoms with Crippen molar-refractivity contribution >= 4 is 41.0 Å². The average Bonchev–Trinajstić information content (AvgIpc) is 3.43. The van der Waals surface area contributed by atoms with Gasteiger partial charge in [0.05, 0.1) is 22.5 Å². The molecule has 30 heavy (non-hydrogen) atoms. The molecule has 6 nitrogen and oxygen atoms in total. The first kappa shape index (κ1) is 18.4. The number of halogens is 1. The fraction of sp³-hybridized carbons (Fsp3) is 0.0870. The van der Waals surface area contributed by atoms with Crippen molar-refractivity contribution < 1.29 is 18.7 Å². The molecule has 2 aliphatic rings. The van der Waals surface area contributed by atoms with Gasteiger partial charge in [-0.2, -0.15) is 10.1 Å². The van der Waals surface area contributed by atoms with Gasteiger partial charge in [0.1, 0.15) is 18.1 Å². The van der Waals surface area contributed by atoms with Gasteiger partial charge in [-0.1, -0.05) is 23.7 Å². The highest BCUT2D eigenvalue weighted by Gasteiger charge is 2.29. The Morgan fingerprint density at radius 2 is 1.87 bits per heavy atom. The molecule has 0 radical (unpaired) electrons. The van der Waals surface area contributed by atoms with E-state index in [1.54, 1.807) is 55.5 Å². The lowest BCUT2D eigenvalue weighted by Gasteiger charge is -2.11. The van der Waals surface area contributed by atoms with Gasteiger partial charge in [-0.15, -0.1) is 0 Å². The lowest BCUT2D eigenvalue weighted by atomic mass is 10.0. The summed E-state index contributed by atoms with van der Waals surface area (Å²) in [4.78, 5) is 24.7. The summed E-state index contributed by atoms with van der Waals surface area (Å²) in [5.41, 5.74) is 3.86. The van der Waals surface area contributed by atoms with Crippen molar-refractivity contribution in [3.63, 3.8) is 0 Å². The number of benzene rings is 2. The van der Waals surface area contributed by atoms with Crippen molar-refractivity contribution in [3.05, 3.63) is 82.1 Å². The number of rotatable bonds is 3. The van der Waals surface area contributed by atoms with Crippen LogP contribution >= 0.6 is 11.6 Å². The van der Waals surface area contributed by atoms with Gasteiger partial charge < -0.3 is 9.15 Å². The van der Waals surface area contributed by atoms with Gasteiger partial charge in [0.2, 0.25) is 0 Å². The Balaban J connectivity index is 1.43. The van der Waals surface area contributed by atoms with Crippen molar-refractivity contribution in [2.75, 3.05) is 5.01 Å². The molecule has 0 atom stereocenters. The molecule has 1 amide bonds. The lowest BCUT2D eigenvalue weighted by Crippen LogP contribution is -2.21. The molecule has 7 heteroatoms. The predicted molar refractivity (Wildman–Crippen MR) is 113 cm³/mol. The van der Waals surface area contributed by atoms with Crippen LogP contribution in [0.2, 0.25) is 5.02 Å². The Morgan fingerprint density at radius 3 is 2.67 bits per heavy atom. The van der Waals surface area contributed by atoms with Crippen molar-refractivity contribution in [2.24, 2.45) is 5.10 Å². The van der Waals surface area contributed by atoms with Crippen LogP contribution in [0.15, 0.2) is 69.7 Å². The number of nitrogens with zero attached hydrogens (tertiary/aromatic N) is 2. The minimum atomic E-state index is -0.327. The van der Waals surface area contributed by atoms with E-state index in [4.69, 9.17) is 20.8 Å². The topological polar surface area (TPSA) is 72.1 Å². The van der Waals surface area contributed by atoms with Crippen molar-refractivity contribution in [1.29, 1.82) is 0 Å². The molecule has 1 aromatic heterocycles. The first-order chi connectivity index (χ1) is 14.5. The molecule has 2 aliphatic heterocycles. The third-order valence-electron chi connectivity index (χ3n) is 5.02. The first-order valence-corrected chi connectivity index (χ1v) is 9.65. The number of ether oxygens (including phenoxy) is 1. The molecule has 3 heterocycles. The number of hydrazone groups is 1. The average molecular weight is 419 g/mol. The molecule has 0 unspecified atom stereocenters. The minimum absolute atomic E-state index is 0.243. The molecule has 0 bridgehead atoms. The van der Waals surface area contributed by atoms with Gasteiger partial charge in [-0.05, 0) is 55.5 Å². The first-order valence-electron chi connectivity index (χ1n) is 9.27. The Kier molecular flexibility index (Phi) is 4.29. The maximum Gasteiger partial charge on any atom is 0.338 e. The normalized spacial score (nSPS) is 16.8. The third-order valence-corrected chi connectivity index (χ3v) is 5.27. The van der Waals surface area contributed by atoms with Crippen LogP contribution < -0.4 is 5.01 Å². The molecule has 148 valence electrons. The largest absolute Gasteiger partial charge is 0.457 e. The predicted octanol–water partition coefficient (Wildman–Crippen LogP) is 5.08. The minimum Gasteiger partial charge on any atom is -0.457 e. The zero-order valence-electron chi connectivity index (χ0n) is 15.9. The summed E-state index contributed by atoms with van der Waals surface area (Å²) in [6.07, 6.45) is 1.67. The summed E-state index contributed by atoms with van der Waals surface area (Å²) in [6.45, 7) is 2.07. The zero-order chi connectivity index (χ0) is 20.8. The van der Waals surface area contributed by atoms with Gasteiger partial charge in [0, 0.05) is 16.1 Å². The number of hydrogen-bond donors (Lipinski definition) is 0. The van der Waals surface area contributed by atoms with Gasteiger partial charge in [-0.3, -0.25) is 4.79 Å². The number of carbonyl (C=O) groups is 2. The van der Waals surface area contributed by atoms with Crippen LogP contribution in [0.5, 0.6) is 0 Å². The standard InChI is InChI=1S/C23H15ClN2O4/c1-13-19(22(27)26(25-13)17-6-4-16(24)5-7-17)11-18-8-9-21(30-18)14-2-3-15-12-29-23(28)20(15)10-14/h2-11H,12H2,1H3/b19-11+. The summed E-state index contributed by atoms with van der Waals surface area (Å²) in [5, 5.41) is 6.28. The molecule has 0 fully saturated rings. The molecule has 0 N–H and O–H groups in total. The molecule has 0 aliphatic carbocycles. The molecule has 5 rings (SSSR count). The molecule has 3 aromatic rings. The Morgan fingerprint density at radius 1 is 1.07 bits per heavy atom. The second kappa shape index (κ2) is 7.00. The maximum absolute atomic E-state index is 12.9. The Bertz CT molecular complexity index is 1250. The number of cyclic esters (lactones) is 1. The number of fused-ring (bicyclic) bond motifs is 1. The maximum atomic E-state index is 12.9. The van der Waals surface area contributed by atoms with E-state index in [-0.39, 0.29) is 11.9 Å². The zero-order valence-corrected chi connectivity index (χ0v) is 16.6. The highest BCUT2D eigenvalue weighted by molar-refractivity contribution is 6.32. The Labute approximate surface area is 177 Å². The van der Waals surface area contributed by atoms with E-state index < -0.39 is 0 Å². The highest BCUT2D eigenvalue weighted by atomic mass is 35.5. The van der Waals surface area contributed by atoms with Crippen LogP contribution in [-0.2, 0) is 16.1 Å². The van der Waals surface area contributed by atoms with Crippen molar-refractivity contribution in [1.82, 2.24) is 0 Å². The SMILES string of the molecule is CC1=NN(c2ccc(Cl)cc2)C(=O)/C1=C/c1ccc(-c2ccc3c(c2)C(=O)OC3)o1. The number of hydrogen-bond acceptors (Lipinski definition) is 5. The number of esters is 1. The summed E-state index contributed by atoms with van der Waals surface area (Å²) in [6, 6.07) is 16.0. The van der Waals surface area contributed by atoms with E-state index in [0.717, 1.165) is 11.1 Å². The number of furan rings is 1. The van der Waals surface area contributed by atoms with Crippen LogP contribution in [0.1, 0.15) is 28.6 Å². The summed E-state index contributed by atoms with van der Waals surface area (Å²) in [5.74, 6) is 0.544. The summed E-state index contributed by atoms with van der Waals surface area (Å²) >= 11 is 5.92. The molecule has 2 aromatic carbocycles. The van der Waals surface area contributed by atoms with E-state index in [0.29, 0.717) is 45.7 Å². The van der Waals surface area contributed by atoms with E-state index in [1.807, 2.05) is 12.1 Å². The van der Waals surface area contributed by atoms with Crippen LogP contribution in [0.4, 0.5) is 5.69 Å². The van der Waals surface area contributed by atoms with Crippen LogP contribution in [0, 0.1) is 0 Å². The van der Waals surface area contributed by atoms with Crippen molar-refractivity contribution in [3.8, 4) is 11.3 Å². The Hall–Kier alpha value is -3.64. The van der Waals surface area contributed by atoms with Crippen LogP contribution in [0.25, 0.3) is 17.4 Å². The molecule has 0 spiro atoms. The van der Waals surface area contributed by atoms with E-state index in [9.17, 15) is 9.59 Å². The van der Waals surface area contributed by atoms with Gasteiger partial charge >= 0.3 is 5.97 Å². The number of anilines is 1. The second-order valence-corrected chi connectivity index (χ2v) is 7.42. The number of carbonyl (C=O) groups excluding carboxylic acids is 2. The molecule has 0 saturated heterocycles.